The number of hydrogen-bond acceptors (Lipinski definition) is 4. The number of aromatic nitrogens is 3. The van der Waals surface area contributed by atoms with Crippen molar-refractivity contribution in [2.75, 3.05) is 13.1 Å². The number of aromatic amines is 1. The number of rotatable bonds is 2. The number of hydrogen-bond donors (Lipinski definition) is 1. The van der Waals surface area contributed by atoms with Crippen LogP contribution in [-0.4, -0.2) is 39.1 Å². The number of aryl methyl sites for hydroxylation is 2. The molecular weight excluding hydrogens is 344 g/mol. The number of carbonyl (C=O) groups excluding carboxylic acids is 1. The number of likely N-dealkylation sites (tertiary alicyclic amines) is 1. The molecule has 0 saturated carbocycles. The molecule has 1 aliphatic rings. The second-order valence-corrected chi connectivity index (χ2v) is 7.46. The number of benzene rings is 1. The smallest absolute Gasteiger partial charge is 0.257 e. The maximum absolute atomic E-state index is 12.7. The van der Waals surface area contributed by atoms with Crippen LogP contribution in [-0.2, 0) is 0 Å². The van der Waals surface area contributed by atoms with Gasteiger partial charge in [-0.25, -0.2) is 4.98 Å². The SMILES string of the molecule is CC.Cc1n[nH]c(C)c1C(=O)N1CCC(c2nc3ccccc3s2)CC1. The molecule has 1 aliphatic heterocycles. The van der Waals surface area contributed by atoms with E-state index in [0.717, 1.165) is 48.4 Å². The van der Waals surface area contributed by atoms with E-state index in [2.05, 4.69) is 28.4 Å². The molecule has 5 nitrogen and oxygen atoms in total. The second-order valence-electron chi connectivity index (χ2n) is 6.40. The zero-order valence-electron chi connectivity index (χ0n) is 15.9. The summed E-state index contributed by atoms with van der Waals surface area (Å²) in [7, 11) is 0. The number of H-pyrrole nitrogens is 1. The topological polar surface area (TPSA) is 61.9 Å². The van der Waals surface area contributed by atoms with E-state index in [1.54, 1.807) is 11.3 Å². The van der Waals surface area contributed by atoms with Crippen molar-refractivity contribution in [1.82, 2.24) is 20.1 Å². The number of thiazole rings is 1. The van der Waals surface area contributed by atoms with Gasteiger partial charge in [0.25, 0.3) is 5.91 Å². The molecule has 0 aliphatic carbocycles. The minimum atomic E-state index is 0.0986. The van der Waals surface area contributed by atoms with Crippen LogP contribution in [0.1, 0.15) is 59.4 Å². The number of amides is 1. The number of nitrogens with zero attached hydrogens (tertiary/aromatic N) is 3. The first-order chi connectivity index (χ1) is 12.6. The van der Waals surface area contributed by atoms with E-state index in [1.807, 2.05) is 38.7 Å². The lowest BCUT2D eigenvalue weighted by molar-refractivity contribution is 0.0711. The van der Waals surface area contributed by atoms with Crippen molar-refractivity contribution in [3.63, 3.8) is 0 Å². The Morgan fingerprint density at radius 2 is 1.88 bits per heavy atom. The maximum atomic E-state index is 12.7. The average Bonchev–Trinajstić information content (AvgIpc) is 3.26. The lowest BCUT2D eigenvalue weighted by atomic mass is 9.97. The van der Waals surface area contributed by atoms with Gasteiger partial charge in [0, 0.05) is 24.7 Å². The third-order valence-corrected chi connectivity index (χ3v) is 5.98. The van der Waals surface area contributed by atoms with Gasteiger partial charge in [-0.05, 0) is 38.8 Å². The standard InChI is InChI=1S/C18H20N4OS.C2H6/c1-11-16(12(2)21-20-11)18(23)22-9-7-13(8-10-22)17-19-14-5-3-4-6-15(14)24-17;1-2/h3-6,13H,7-10H2,1-2H3,(H,20,21);1-2H3. The van der Waals surface area contributed by atoms with Gasteiger partial charge >= 0.3 is 0 Å². The van der Waals surface area contributed by atoms with Crippen molar-refractivity contribution in [1.29, 1.82) is 0 Å². The third kappa shape index (κ3) is 3.51. The summed E-state index contributed by atoms with van der Waals surface area (Å²) in [6, 6.07) is 8.28. The Hall–Kier alpha value is -2.21. The number of carbonyl (C=O) groups is 1. The summed E-state index contributed by atoms with van der Waals surface area (Å²) in [6.07, 6.45) is 1.95. The van der Waals surface area contributed by atoms with Gasteiger partial charge < -0.3 is 4.90 Å². The largest absolute Gasteiger partial charge is 0.338 e. The number of nitrogens with one attached hydrogen (secondary N) is 1. The Morgan fingerprint density at radius 1 is 1.19 bits per heavy atom. The van der Waals surface area contributed by atoms with Crippen LogP contribution in [0.4, 0.5) is 0 Å². The number of fused-ring (bicyclic) bond motifs is 1. The summed E-state index contributed by atoms with van der Waals surface area (Å²) in [5.41, 5.74) is 3.45. The van der Waals surface area contributed by atoms with Crippen LogP contribution in [0.25, 0.3) is 10.2 Å². The van der Waals surface area contributed by atoms with Gasteiger partial charge in [-0.1, -0.05) is 26.0 Å². The van der Waals surface area contributed by atoms with Gasteiger partial charge in [-0.3, -0.25) is 9.89 Å². The van der Waals surface area contributed by atoms with Crippen LogP contribution in [0.3, 0.4) is 0 Å². The van der Waals surface area contributed by atoms with E-state index >= 15 is 0 Å². The van der Waals surface area contributed by atoms with Crippen molar-refractivity contribution >= 4 is 27.5 Å². The van der Waals surface area contributed by atoms with E-state index in [-0.39, 0.29) is 5.91 Å². The molecular formula is C20H26N4OS. The van der Waals surface area contributed by atoms with Crippen molar-refractivity contribution in [3.8, 4) is 0 Å². The highest BCUT2D eigenvalue weighted by molar-refractivity contribution is 7.18. The minimum absolute atomic E-state index is 0.0986. The molecule has 1 aromatic carbocycles. The Labute approximate surface area is 158 Å². The van der Waals surface area contributed by atoms with Gasteiger partial charge in [0.05, 0.1) is 26.5 Å². The van der Waals surface area contributed by atoms with Crippen LogP contribution in [0.2, 0.25) is 0 Å². The van der Waals surface area contributed by atoms with Gasteiger partial charge in [-0.15, -0.1) is 11.3 Å². The van der Waals surface area contributed by atoms with Gasteiger partial charge in [0.2, 0.25) is 0 Å². The first kappa shape index (κ1) is 18.6. The molecule has 1 saturated heterocycles. The summed E-state index contributed by atoms with van der Waals surface area (Å²) >= 11 is 1.79. The summed E-state index contributed by atoms with van der Waals surface area (Å²) in [4.78, 5) is 19.5. The highest BCUT2D eigenvalue weighted by Gasteiger charge is 2.28. The molecule has 2 aromatic heterocycles. The molecule has 138 valence electrons. The molecule has 26 heavy (non-hydrogen) atoms. The summed E-state index contributed by atoms with van der Waals surface area (Å²) in [5, 5.41) is 8.25. The molecule has 0 unspecified atom stereocenters. The monoisotopic (exact) mass is 370 g/mol. The predicted octanol–water partition coefficient (Wildman–Crippen LogP) is 4.68. The fourth-order valence-electron chi connectivity index (χ4n) is 3.42. The number of para-hydroxylation sites is 1. The first-order valence-corrected chi connectivity index (χ1v) is 10.1. The molecule has 6 heteroatoms. The Morgan fingerprint density at radius 3 is 2.50 bits per heavy atom. The second kappa shape index (κ2) is 7.99. The van der Waals surface area contributed by atoms with Crippen molar-refractivity contribution in [2.24, 2.45) is 0 Å². The summed E-state index contributed by atoms with van der Waals surface area (Å²) in [6.45, 7) is 9.35. The molecule has 0 atom stereocenters. The molecule has 1 amide bonds. The third-order valence-electron chi connectivity index (χ3n) is 4.78. The van der Waals surface area contributed by atoms with Crippen molar-refractivity contribution < 1.29 is 4.79 Å². The molecule has 1 N–H and O–H groups in total. The molecule has 0 spiro atoms. The fourth-order valence-corrected chi connectivity index (χ4v) is 4.55. The lowest BCUT2D eigenvalue weighted by Gasteiger charge is -2.31. The normalized spacial score (nSPS) is 15.0. The van der Waals surface area contributed by atoms with Crippen LogP contribution in [0.15, 0.2) is 24.3 Å². The Kier molecular flexibility index (Phi) is 5.71. The highest BCUT2D eigenvalue weighted by Crippen LogP contribution is 2.34. The van der Waals surface area contributed by atoms with Gasteiger partial charge in [-0.2, -0.15) is 5.10 Å². The molecule has 0 radical (unpaired) electrons. The van der Waals surface area contributed by atoms with E-state index in [1.165, 1.54) is 9.71 Å². The zero-order valence-corrected chi connectivity index (χ0v) is 16.7. The lowest BCUT2D eigenvalue weighted by Crippen LogP contribution is -2.38. The highest BCUT2D eigenvalue weighted by atomic mass is 32.1. The maximum Gasteiger partial charge on any atom is 0.257 e. The van der Waals surface area contributed by atoms with Gasteiger partial charge in [0.15, 0.2) is 0 Å². The van der Waals surface area contributed by atoms with E-state index in [9.17, 15) is 4.79 Å². The van der Waals surface area contributed by atoms with Crippen molar-refractivity contribution in [2.45, 2.75) is 46.5 Å². The molecule has 0 bridgehead atoms. The van der Waals surface area contributed by atoms with Crippen LogP contribution in [0, 0.1) is 13.8 Å². The quantitative estimate of drug-likeness (QED) is 0.712. The summed E-state index contributed by atoms with van der Waals surface area (Å²) in [5.74, 6) is 0.555. The van der Waals surface area contributed by atoms with Crippen LogP contribution < -0.4 is 0 Å². The van der Waals surface area contributed by atoms with E-state index in [4.69, 9.17) is 4.98 Å². The Bertz CT molecular complexity index is 838. The number of piperidine rings is 1. The van der Waals surface area contributed by atoms with E-state index < -0.39 is 0 Å². The van der Waals surface area contributed by atoms with Crippen LogP contribution >= 0.6 is 11.3 Å². The molecule has 4 rings (SSSR count). The predicted molar refractivity (Wildman–Crippen MR) is 107 cm³/mol. The first-order valence-electron chi connectivity index (χ1n) is 9.30. The Balaban J connectivity index is 0.000000948. The molecule has 3 heterocycles. The molecule has 3 aromatic rings. The van der Waals surface area contributed by atoms with Crippen LogP contribution in [0.5, 0.6) is 0 Å². The van der Waals surface area contributed by atoms with Crippen molar-refractivity contribution in [3.05, 3.63) is 46.2 Å². The van der Waals surface area contributed by atoms with E-state index in [0.29, 0.717) is 5.92 Å². The van der Waals surface area contributed by atoms with Gasteiger partial charge in [0.1, 0.15) is 0 Å². The zero-order chi connectivity index (χ0) is 18.7. The average molecular weight is 371 g/mol. The minimum Gasteiger partial charge on any atom is -0.338 e. The summed E-state index contributed by atoms with van der Waals surface area (Å²) < 4.78 is 1.25. The molecule has 1 fully saturated rings. The fraction of sp³-hybridized carbons (Fsp3) is 0.450.